The smallest absolute Gasteiger partial charge is 0.225 e. The molecule has 2 saturated carbocycles. The Hall–Kier alpha value is -2.11. The summed E-state index contributed by atoms with van der Waals surface area (Å²) in [4.78, 5) is 31.2. The summed E-state index contributed by atoms with van der Waals surface area (Å²) < 4.78 is 6.05. The van der Waals surface area contributed by atoms with E-state index in [1.54, 1.807) is 6.20 Å². The average Bonchev–Trinajstić information content (AvgIpc) is 3.43. The number of carbonyl (C=O) groups excluding carboxylic acids is 2. The van der Waals surface area contributed by atoms with Crippen LogP contribution in [0.15, 0.2) is 18.3 Å². The molecule has 1 unspecified atom stereocenters. The number of aromatic nitrogens is 1. The van der Waals surface area contributed by atoms with Gasteiger partial charge in [-0.2, -0.15) is 0 Å². The maximum atomic E-state index is 12.7. The van der Waals surface area contributed by atoms with E-state index in [1.807, 2.05) is 17.0 Å². The van der Waals surface area contributed by atoms with E-state index in [4.69, 9.17) is 4.74 Å². The summed E-state index contributed by atoms with van der Waals surface area (Å²) in [5, 5.41) is 3.04. The molecule has 27 heavy (non-hydrogen) atoms. The van der Waals surface area contributed by atoms with E-state index in [2.05, 4.69) is 10.3 Å². The maximum absolute atomic E-state index is 12.7. The van der Waals surface area contributed by atoms with Gasteiger partial charge in [-0.05, 0) is 57.4 Å². The van der Waals surface area contributed by atoms with Gasteiger partial charge in [-0.3, -0.25) is 9.59 Å². The third-order valence-corrected chi connectivity index (χ3v) is 5.91. The minimum atomic E-state index is -0.114. The van der Waals surface area contributed by atoms with Crippen molar-refractivity contribution in [1.29, 1.82) is 0 Å². The van der Waals surface area contributed by atoms with Crippen LogP contribution >= 0.6 is 0 Å². The van der Waals surface area contributed by atoms with E-state index in [1.165, 1.54) is 12.8 Å². The summed E-state index contributed by atoms with van der Waals surface area (Å²) in [7, 11) is 0. The highest BCUT2D eigenvalue weighted by atomic mass is 16.5. The van der Waals surface area contributed by atoms with Crippen molar-refractivity contribution in [2.45, 2.75) is 64.0 Å². The van der Waals surface area contributed by atoms with Crippen LogP contribution in [0.4, 0.5) is 0 Å². The fourth-order valence-electron chi connectivity index (χ4n) is 4.14. The van der Waals surface area contributed by atoms with Gasteiger partial charge in [0.2, 0.25) is 17.7 Å². The van der Waals surface area contributed by atoms with Crippen LogP contribution in [-0.4, -0.2) is 40.9 Å². The molecule has 6 heteroatoms. The number of rotatable bonds is 6. The summed E-state index contributed by atoms with van der Waals surface area (Å²) in [6.07, 6.45) is 10.3. The van der Waals surface area contributed by atoms with Crippen molar-refractivity contribution in [3.8, 4) is 5.88 Å². The van der Waals surface area contributed by atoms with Gasteiger partial charge in [0, 0.05) is 37.3 Å². The second-order valence-electron chi connectivity index (χ2n) is 8.11. The Morgan fingerprint density at radius 1 is 1.11 bits per heavy atom. The minimum absolute atomic E-state index is 0.0268. The van der Waals surface area contributed by atoms with Gasteiger partial charge in [0.15, 0.2) is 0 Å². The van der Waals surface area contributed by atoms with Crippen LogP contribution < -0.4 is 10.1 Å². The lowest BCUT2D eigenvalue weighted by atomic mass is 9.96. The lowest BCUT2D eigenvalue weighted by molar-refractivity contribution is -0.136. The zero-order valence-electron chi connectivity index (χ0n) is 15.9. The minimum Gasteiger partial charge on any atom is -0.474 e. The number of hydrogen-bond acceptors (Lipinski definition) is 4. The molecule has 6 nitrogen and oxygen atoms in total. The molecule has 1 aromatic heterocycles. The lowest BCUT2D eigenvalue weighted by Gasteiger charge is -2.32. The van der Waals surface area contributed by atoms with Gasteiger partial charge in [0.05, 0.1) is 5.92 Å². The quantitative estimate of drug-likeness (QED) is 0.834. The van der Waals surface area contributed by atoms with E-state index >= 15 is 0 Å². The predicted molar refractivity (Wildman–Crippen MR) is 101 cm³/mol. The molecule has 0 radical (unpaired) electrons. The second kappa shape index (κ2) is 8.28. The number of pyridine rings is 1. The van der Waals surface area contributed by atoms with Crippen molar-refractivity contribution >= 4 is 11.8 Å². The number of carbonyl (C=O) groups is 2. The number of amides is 2. The number of nitrogens with zero attached hydrogens (tertiary/aromatic N) is 2. The lowest BCUT2D eigenvalue weighted by Crippen LogP contribution is -2.45. The standard InChI is InChI=1S/C21H29N3O3/c25-19(17-6-4-12-24(14-17)21(26)15-9-10-15)23-13-16-5-3-11-22-20(16)27-18-7-1-2-8-18/h3,5,11,15,17-18H,1-2,4,6-10,12-14H2,(H,23,25). The molecule has 3 fully saturated rings. The van der Waals surface area contributed by atoms with E-state index in [-0.39, 0.29) is 29.8 Å². The van der Waals surface area contributed by atoms with Crippen molar-refractivity contribution in [2.75, 3.05) is 13.1 Å². The number of piperidine rings is 1. The van der Waals surface area contributed by atoms with Crippen molar-refractivity contribution in [3.63, 3.8) is 0 Å². The summed E-state index contributed by atoms with van der Waals surface area (Å²) in [5.74, 6) is 1.01. The normalized spacial score (nSPS) is 23.3. The molecule has 1 saturated heterocycles. The molecular formula is C21H29N3O3. The van der Waals surface area contributed by atoms with Crippen LogP contribution in [0, 0.1) is 11.8 Å². The molecule has 0 spiro atoms. The first-order valence-corrected chi connectivity index (χ1v) is 10.4. The molecule has 1 aliphatic heterocycles. The Morgan fingerprint density at radius 3 is 2.70 bits per heavy atom. The Morgan fingerprint density at radius 2 is 1.93 bits per heavy atom. The van der Waals surface area contributed by atoms with Crippen molar-refractivity contribution < 1.29 is 14.3 Å². The van der Waals surface area contributed by atoms with Crippen LogP contribution in [0.25, 0.3) is 0 Å². The first-order chi connectivity index (χ1) is 13.2. The monoisotopic (exact) mass is 371 g/mol. The molecule has 2 aliphatic carbocycles. The van der Waals surface area contributed by atoms with Crippen LogP contribution in [-0.2, 0) is 16.1 Å². The number of hydrogen-bond donors (Lipinski definition) is 1. The summed E-state index contributed by atoms with van der Waals surface area (Å²) in [5.41, 5.74) is 0.916. The van der Waals surface area contributed by atoms with E-state index in [0.717, 1.165) is 50.6 Å². The van der Waals surface area contributed by atoms with E-state index in [9.17, 15) is 9.59 Å². The van der Waals surface area contributed by atoms with Crippen molar-refractivity contribution in [1.82, 2.24) is 15.2 Å². The summed E-state index contributed by atoms with van der Waals surface area (Å²) in [6, 6.07) is 3.83. The zero-order valence-corrected chi connectivity index (χ0v) is 15.9. The molecule has 1 aromatic rings. The molecule has 1 N–H and O–H groups in total. The van der Waals surface area contributed by atoms with Crippen molar-refractivity contribution in [2.24, 2.45) is 11.8 Å². The average molecular weight is 371 g/mol. The Kier molecular flexibility index (Phi) is 5.60. The van der Waals surface area contributed by atoms with Gasteiger partial charge in [0.25, 0.3) is 0 Å². The molecule has 1 atom stereocenters. The number of likely N-dealkylation sites (tertiary alicyclic amines) is 1. The van der Waals surface area contributed by atoms with Gasteiger partial charge in [0.1, 0.15) is 6.10 Å². The topological polar surface area (TPSA) is 71.5 Å². The fourth-order valence-corrected chi connectivity index (χ4v) is 4.14. The Balaban J connectivity index is 1.31. The molecule has 0 bridgehead atoms. The van der Waals surface area contributed by atoms with Crippen LogP contribution in [0.3, 0.4) is 0 Å². The van der Waals surface area contributed by atoms with Crippen LogP contribution in [0.5, 0.6) is 5.88 Å². The Bertz CT molecular complexity index is 683. The zero-order chi connectivity index (χ0) is 18.6. The number of ether oxygens (including phenoxy) is 1. The maximum Gasteiger partial charge on any atom is 0.225 e. The van der Waals surface area contributed by atoms with E-state index < -0.39 is 0 Å². The first-order valence-electron chi connectivity index (χ1n) is 10.4. The molecule has 2 heterocycles. The summed E-state index contributed by atoms with van der Waals surface area (Å²) in [6.45, 7) is 1.77. The molecule has 2 amide bonds. The summed E-state index contributed by atoms with van der Waals surface area (Å²) >= 11 is 0. The van der Waals surface area contributed by atoms with E-state index in [0.29, 0.717) is 19.0 Å². The van der Waals surface area contributed by atoms with Gasteiger partial charge < -0.3 is 15.0 Å². The van der Waals surface area contributed by atoms with Gasteiger partial charge in [-0.25, -0.2) is 4.98 Å². The SMILES string of the molecule is O=C(NCc1cccnc1OC1CCCC1)C1CCCN(C(=O)C2CC2)C1. The highest BCUT2D eigenvalue weighted by molar-refractivity contribution is 5.83. The second-order valence-corrected chi connectivity index (χ2v) is 8.11. The highest BCUT2D eigenvalue weighted by Crippen LogP contribution is 2.32. The molecular weight excluding hydrogens is 342 g/mol. The molecule has 0 aromatic carbocycles. The third kappa shape index (κ3) is 4.60. The van der Waals surface area contributed by atoms with Crippen LogP contribution in [0.2, 0.25) is 0 Å². The number of nitrogens with one attached hydrogen (secondary N) is 1. The van der Waals surface area contributed by atoms with Crippen molar-refractivity contribution in [3.05, 3.63) is 23.9 Å². The highest BCUT2D eigenvalue weighted by Gasteiger charge is 2.36. The molecule has 146 valence electrons. The first kappa shape index (κ1) is 18.3. The van der Waals surface area contributed by atoms with Gasteiger partial charge >= 0.3 is 0 Å². The largest absolute Gasteiger partial charge is 0.474 e. The Labute approximate surface area is 160 Å². The van der Waals surface area contributed by atoms with Gasteiger partial charge in [-0.15, -0.1) is 0 Å². The third-order valence-electron chi connectivity index (χ3n) is 5.91. The molecule has 4 rings (SSSR count). The predicted octanol–water partition coefficient (Wildman–Crippen LogP) is 2.67. The van der Waals surface area contributed by atoms with Gasteiger partial charge in [-0.1, -0.05) is 6.07 Å². The fraction of sp³-hybridized carbons (Fsp3) is 0.667. The van der Waals surface area contributed by atoms with Crippen LogP contribution in [0.1, 0.15) is 56.9 Å². The molecule has 3 aliphatic rings.